The lowest BCUT2D eigenvalue weighted by Gasteiger charge is -2.40. The van der Waals surface area contributed by atoms with Gasteiger partial charge >= 0.3 is 5.97 Å². The molecule has 0 radical (unpaired) electrons. The summed E-state index contributed by atoms with van der Waals surface area (Å²) in [4.78, 5) is 49.1. The minimum Gasteiger partial charge on any atom is -0.474 e. The van der Waals surface area contributed by atoms with Crippen molar-refractivity contribution in [2.24, 2.45) is 0 Å². The summed E-state index contributed by atoms with van der Waals surface area (Å²) in [6.07, 6.45) is 1.39. The number of fused-ring (bicyclic) bond motifs is 1. The molecule has 3 heterocycles. The van der Waals surface area contributed by atoms with Crippen molar-refractivity contribution < 1.29 is 28.6 Å². The summed E-state index contributed by atoms with van der Waals surface area (Å²) >= 11 is 7.11. The highest BCUT2D eigenvalue weighted by Crippen LogP contribution is 2.28. The molecular formula is C23H24ClN5O6S. The Kier molecular flexibility index (Phi) is 8.18. The lowest BCUT2D eigenvalue weighted by atomic mass is 10.1. The van der Waals surface area contributed by atoms with Gasteiger partial charge in [0.05, 0.1) is 23.6 Å². The van der Waals surface area contributed by atoms with Crippen molar-refractivity contribution in [3.05, 3.63) is 46.6 Å². The maximum atomic E-state index is 13.4. The molecule has 0 spiro atoms. The van der Waals surface area contributed by atoms with Crippen molar-refractivity contribution in [1.29, 1.82) is 0 Å². The van der Waals surface area contributed by atoms with Crippen LogP contribution in [0.5, 0.6) is 5.06 Å². The normalized spacial score (nSPS) is 15.8. The van der Waals surface area contributed by atoms with Gasteiger partial charge in [-0.15, -0.1) is 0 Å². The number of ether oxygens (including phenoxy) is 3. The van der Waals surface area contributed by atoms with Crippen molar-refractivity contribution in [3.8, 4) is 5.06 Å². The number of rotatable bonds is 9. The molecule has 1 aliphatic rings. The molecule has 1 atom stereocenters. The third kappa shape index (κ3) is 6.01. The molecule has 2 aromatic heterocycles. The van der Waals surface area contributed by atoms with E-state index in [0.29, 0.717) is 33.8 Å². The van der Waals surface area contributed by atoms with Gasteiger partial charge in [0.1, 0.15) is 24.8 Å². The van der Waals surface area contributed by atoms with Gasteiger partial charge in [-0.05, 0) is 29.8 Å². The zero-order valence-electron chi connectivity index (χ0n) is 19.4. The van der Waals surface area contributed by atoms with Gasteiger partial charge in [0.15, 0.2) is 11.7 Å². The fourth-order valence-electron chi connectivity index (χ4n) is 3.80. The zero-order valence-corrected chi connectivity index (χ0v) is 21.0. The Bertz CT molecular complexity index is 1270. The quantitative estimate of drug-likeness (QED) is 0.407. The molecule has 4 rings (SSSR count). The Hall–Kier alpha value is -3.48. The second-order valence-corrected chi connectivity index (χ2v) is 9.59. The van der Waals surface area contributed by atoms with E-state index in [-0.39, 0.29) is 38.2 Å². The predicted molar refractivity (Wildman–Crippen MR) is 133 cm³/mol. The second-order valence-electron chi connectivity index (χ2n) is 7.91. The molecular weight excluding hydrogens is 510 g/mol. The van der Waals surface area contributed by atoms with E-state index in [9.17, 15) is 14.4 Å². The Morgan fingerprint density at radius 3 is 2.78 bits per heavy atom. The Morgan fingerprint density at radius 2 is 2.03 bits per heavy atom. The number of thiophene rings is 1. The Balaban J connectivity index is 1.46. The summed E-state index contributed by atoms with van der Waals surface area (Å²) in [6.45, 7) is 0.129. The Morgan fingerprint density at radius 1 is 1.19 bits per heavy atom. The molecule has 190 valence electrons. The highest BCUT2D eigenvalue weighted by Gasteiger charge is 2.38. The first-order valence-electron chi connectivity index (χ1n) is 11.0. The van der Waals surface area contributed by atoms with Gasteiger partial charge in [0.25, 0.3) is 5.91 Å². The molecule has 3 aromatic rings. The van der Waals surface area contributed by atoms with E-state index < -0.39 is 12.0 Å². The molecule has 1 saturated heterocycles. The maximum Gasteiger partial charge on any atom is 0.331 e. The smallest absolute Gasteiger partial charge is 0.331 e. The van der Waals surface area contributed by atoms with Gasteiger partial charge < -0.3 is 29.7 Å². The van der Waals surface area contributed by atoms with Crippen LogP contribution in [0.2, 0.25) is 4.34 Å². The van der Waals surface area contributed by atoms with Gasteiger partial charge in [-0.2, -0.15) is 0 Å². The molecule has 0 saturated carbocycles. The van der Waals surface area contributed by atoms with E-state index in [0.717, 1.165) is 10.9 Å². The van der Waals surface area contributed by atoms with Crippen LogP contribution >= 0.6 is 22.9 Å². The van der Waals surface area contributed by atoms with Crippen LogP contribution in [0.25, 0.3) is 10.9 Å². The minimum atomic E-state index is -0.926. The van der Waals surface area contributed by atoms with Crippen molar-refractivity contribution in [1.82, 2.24) is 19.8 Å². The monoisotopic (exact) mass is 533 g/mol. The van der Waals surface area contributed by atoms with Crippen LogP contribution in [-0.2, 0) is 30.4 Å². The molecule has 0 aliphatic carbocycles. The highest BCUT2D eigenvalue weighted by atomic mass is 35.5. The fraction of sp³-hybridized carbons (Fsp3) is 0.348. The number of nitrogens with two attached hydrogens (primary N) is 1. The first-order chi connectivity index (χ1) is 17.4. The van der Waals surface area contributed by atoms with E-state index in [1.807, 2.05) is 18.2 Å². The summed E-state index contributed by atoms with van der Waals surface area (Å²) in [5.74, 6) is -0.883. The number of halogens is 1. The van der Waals surface area contributed by atoms with Crippen molar-refractivity contribution >= 4 is 57.4 Å². The Labute approximate surface area is 215 Å². The molecule has 11 nitrogen and oxygen atoms in total. The summed E-state index contributed by atoms with van der Waals surface area (Å²) in [7, 11) is 1.24. The maximum absolute atomic E-state index is 13.4. The molecule has 13 heteroatoms. The van der Waals surface area contributed by atoms with Crippen LogP contribution in [0.1, 0.15) is 5.56 Å². The van der Waals surface area contributed by atoms with Gasteiger partial charge in [-0.3, -0.25) is 9.59 Å². The molecule has 0 unspecified atom stereocenters. The number of hydrogen-bond donors (Lipinski definition) is 1. The first kappa shape index (κ1) is 25.6. The molecule has 1 aliphatic heterocycles. The molecule has 1 fully saturated rings. The average Bonchev–Trinajstić information content (AvgIpc) is 3.29. The summed E-state index contributed by atoms with van der Waals surface area (Å²) in [5.41, 5.74) is 7.42. The van der Waals surface area contributed by atoms with Crippen molar-refractivity contribution in [2.45, 2.75) is 12.6 Å². The van der Waals surface area contributed by atoms with Crippen LogP contribution in [-0.4, -0.2) is 83.6 Å². The number of anilines is 1. The van der Waals surface area contributed by atoms with Crippen LogP contribution in [0.3, 0.4) is 0 Å². The number of nitrogen functional groups attached to an aromatic ring is 1. The number of esters is 1. The number of benzene rings is 1. The SMILES string of the molecule is COC(=O)COC[C@H]1C(=O)N(Cc2ccc3c(N)ncnc3c2)CCN1C(=O)COc1ccc(Cl)s1. The second kappa shape index (κ2) is 11.5. The van der Waals surface area contributed by atoms with Gasteiger partial charge in [0.2, 0.25) is 5.91 Å². The fourth-order valence-corrected chi connectivity index (χ4v) is 4.67. The van der Waals surface area contributed by atoms with E-state index in [1.165, 1.54) is 29.7 Å². The lowest BCUT2D eigenvalue weighted by molar-refractivity contribution is -0.158. The minimum absolute atomic E-state index is 0.164. The zero-order chi connectivity index (χ0) is 25.7. The highest BCUT2D eigenvalue weighted by molar-refractivity contribution is 7.17. The van der Waals surface area contributed by atoms with Crippen LogP contribution in [0.4, 0.5) is 5.82 Å². The van der Waals surface area contributed by atoms with E-state index in [2.05, 4.69) is 14.7 Å². The van der Waals surface area contributed by atoms with Gasteiger partial charge in [-0.25, -0.2) is 14.8 Å². The summed E-state index contributed by atoms with van der Waals surface area (Å²) in [5, 5.41) is 1.22. The lowest BCUT2D eigenvalue weighted by Crippen LogP contribution is -2.60. The molecule has 2 N–H and O–H groups in total. The molecule has 36 heavy (non-hydrogen) atoms. The number of aromatic nitrogens is 2. The standard InChI is InChI=1S/C23H24ClN5O6S/c1-33-20(31)12-34-10-17-23(32)28(9-14-2-3-15-16(8-14)26-13-27-22(15)25)6-7-29(17)19(30)11-35-21-5-4-18(24)36-21/h2-5,8,13,17H,6-7,9-12H2,1H3,(H2,25,26,27)/t17-/m0/s1. The average molecular weight is 534 g/mol. The summed E-state index contributed by atoms with van der Waals surface area (Å²) in [6, 6.07) is 7.93. The number of amides is 2. The van der Waals surface area contributed by atoms with E-state index >= 15 is 0 Å². The van der Waals surface area contributed by atoms with Crippen molar-refractivity contribution in [3.63, 3.8) is 0 Å². The number of nitrogens with zero attached hydrogens (tertiary/aromatic N) is 4. The van der Waals surface area contributed by atoms with Crippen LogP contribution in [0, 0.1) is 0 Å². The summed E-state index contributed by atoms with van der Waals surface area (Å²) < 4.78 is 16.1. The molecule has 2 amide bonds. The largest absolute Gasteiger partial charge is 0.474 e. The molecule has 0 bridgehead atoms. The van der Waals surface area contributed by atoms with Gasteiger partial charge in [0, 0.05) is 25.0 Å². The van der Waals surface area contributed by atoms with Crippen LogP contribution < -0.4 is 10.5 Å². The first-order valence-corrected chi connectivity index (χ1v) is 12.1. The number of hydrogen-bond acceptors (Lipinski definition) is 10. The third-order valence-electron chi connectivity index (χ3n) is 5.62. The van der Waals surface area contributed by atoms with Gasteiger partial charge in [-0.1, -0.05) is 29.0 Å². The van der Waals surface area contributed by atoms with E-state index in [1.54, 1.807) is 17.0 Å². The third-order valence-corrected chi connectivity index (χ3v) is 6.76. The number of carbonyl (C=O) groups excluding carboxylic acids is 3. The number of methoxy groups -OCH3 is 1. The molecule has 1 aromatic carbocycles. The predicted octanol–water partition coefficient (Wildman–Crippen LogP) is 1.73. The van der Waals surface area contributed by atoms with Crippen LogP contribution in [0.15, 0.2) is 36.7 Å². The van der Waals surface area contributed by atoms with Crippen molar-refractivity contribution in [2.75, 3.05) is 45.8 Å². The number of piperazine rings is 1. The topological polar surface area (TPSA) is 137 Å². The number of carbonyl (C=O) groups is 3. The van der Waals surface area contributed by atoms with E-state index in [4.69, 9.17) is 26.8 Å².